The number of pyridine rings is 1. The lowest BCUT2D eigenvalue weighted by Gasteiger charge is -2.22. The van der Waals surface area contributed by atoms with Gasteiger partial charge in [0.15, 0.2) is 0 Å². The first-order valence-corrected chi connectivity index (χ1v) is 11.3. The number of anilines is 2. The van der Waals surface area contributed by atoms with Crippen LogP contribution in [-0.2, 0) is 0 Å². The van der Waals surface area contributed by atoms with Crippen molar-refractivity contribution < 1.29 is 9.13 Å². The summed E-state index contributed by atoms with van der Waals surface area (Å²) in [4.78, 5) is 21.7. The third-order valence-electron chi connectivity index (χ3n) is 6.05. The van der Waals surface area contributed by atoms with E-state index in [-0.39, 0.29) is 28.8 Å². The van der Waals surface area contributed by atoms with E-state index in [1.165, 1.54) is 12.4 Å². The van der Waals surface area contributed by atoms with E-state index in [1.54, 1.807) is 23.8 Å². The molecule has 35 heavy (non-hydrogen) atoms. The third kappa shape index (κ3) is 4.41. The lowest BCUT2D eigenvalue weighted by molar-refractivity contribution is 0.414. The Balaban J connectivity index is 1.54. The van der Waals surface area contributed by atoms with Gasteiger partial charge in [0.1, 0.15) is 35.1 Å². The van der Waals surface area contributed by atoms with E-state index < -0.39 is 5.82 Å². The normalized spacial score (nSPS) is 13.7. The molecule has 1 atom stereocenters. The number of aromatic nitrogens is 3. The summed E-state index contributed by atoms with van der Waals surface area (Å²) in [5, 5.41) is 4.03. The second kappa shape index (κ2) is 9.11. The van der Waals surface area contributed by atoms with Crippen LogP contribution in [0.3, 0.4) is 0 Å². The fourth-order valence-electron chi connectivity index (χ4n) is 4.14. The largest absolute Gasteiger partial charge is 0.497 e. The van der Waals surface area contributed by atoms with Gasteiger partial charge in [-0.05, 0) is 55.5 Å². The lowest BCUT2D eigenvalue weighted by Crippen LogP contribution is -2.27. The first kappa shape index (κ1) is 22.4. The Kier molecular flexibility index (Phi) is 5.83. The van der Waals surface area contributed by atoms with E-state index in [9.17, 15) is 9.18 Å². The number of nitrogen functional groups attached to an aromatic ring is 1. The molecule has 0 bridgehead atoms. The van der Waals surface area contributed by atoms with Gasteiger partial charge in [-0.15, -0.1) is 0 Å². The highest BCUT2D eigenvalue weighted by Crippen LogP contribution is 2.37. The van der Waals surface area contributed by atoms with E-state index in [1.807, 2.05) is 37.3 Å². The number of ether oxygens (including phenoxy) is 1. The summed E-state index contributed by atoms with van der Waals surface area (Å²) in [6.45, 7) is 1.93. The maximum atomic E-state index is 14.5. The second-order valence-corrected chi connectivity index (χ2v) is 8.51. The van der Waals surface area contributed by atoms with Crippen molar-refractivity contribution in [2.45, 2.75) is 31.8 Å². The predicted molar refractivity (Wildman–Crippen MR) is 134 cm³/mol. The summed E-state index contributed by atoms with van der Waals surface area (Å²) >= 11 is 0. The van der Waals surface area contributed by atoms with Crippen molar-refractivity contribution in [1.82, 2.24) is 14.5 Å². The topological polar surface area (TPSA) is 95.1 Å². The van der Waals surface area contributed by atoms with Crippen LogP contribution in [0.25, 0.3) is 10.8 Å². The number of nitrogens with one attached hydrogen (secondary N) is 1. The second-order valence-electron chi connectivity index (χ2n) is 8.51. The number of hydrogen-bond donors (Lipinski definition) is 2. The molecule has 0 amide bonds. The highest BCUT2D eigenvalue weighted by molar-refractivity contribution is 5.83. The molecule has 2 aromatic heterocycles. The fourth-order valence-corrected chi connectivity index (χ4v) is 4.14. The van der Waals surface area contributed by atoms with Gasteiger partial charge in [0, 0.05) is 17.3 Å². The monoisotopic (exact) mass is 469 g/mol. The Morgan fingerprint density at radius 2 is 1.97 bits per heavy atom. The Hall–Kier alpha value is -4.38. The Bertz CT molecular complexity index is 1550. The van der Waals surface area contributed by atoms with E-state index in [0.717, 1.165) is 24.1 Å². The number of halogens is 1. The van der Waals surface area contributed by atoms with Crippen LogP contribution in [0.2, 0.25) is 0 Å². The molecule has 1 fully saturated rings. The van der Waals surface area contributed by atoms with Crippen molar-refractivity contribution in [2.24, 2.45) is 0 Å². The Morgan fingerprint density at radius 3 is 2.74 bits per heavy atom. The number of rotatable bonds is 5. The van der Waals surface area contributed by atoms with Crippen LogP contribution < -0.4 is 21.3 Å². The van der Waals surface area contributed by atoms with Crippen molar-refractivity contribution in [3.8, 4) is 17.6 Å². The van der Waals surface area contributed by atoms with E-state index >= 15 is 0 Å². The van der Waals surface area contributed by atoms with E-state index in [4.69, 9.17) is 10.5 Å². The van der Waals surface area contributed by atoms with Gasteiger partial charge in [-0.3, -0.25) is 4.79 Å². The van der Waals surface area contributed by atoms with Crippen LogP contribution in [0.4, 0.5) is 16.0 Å². The number of benzene rings is 2. The third-order valence-corrected chi connectivity index (χ3v) is 6.05. The molecule has 7 nitrogen and oxygen atoms in total. The number of methoxy groups -OCH3 is 1. The number of fused-ring (bicyclic) bond motifs is 1. The molecule has 1 aliphatic carbocycles. The lowest BCUT2D eigenvalue weighted by atomic mass is 10.1. The molecule has 0 spiro atoms. The first-order chi connectivity index (χ1) is 17.0. The summed E-state index contributed by atoms with van der Waals surface area (Å²) < 4.78 is 21.4. The number of nitrogens with two attached hydrogens (primary N) is 1. The van der Waals surface area contributed by atoms with E-state index in [2.05, 4.69) is 27.1 Å². The van der Waals surface area contributed by atoms with Gasteiger partial charge in [0.25, 0.3) is 5.56 Å². The average molecular weight is 470 g/mol. The maximum Gasteiger partial charge on any atom is 0.261 e. The summed E-state index contributed by atoms with van der Waals surface area (Å²) in [6, 6.07) is 13.7. The van der Waals surface area contributed by atoms with Gasteiger partial charge >= 0.3 is 0 Å². The van der Waals surface area contributed by atoms with E-state index in [0.29, 0.717) is 22.5 Å². The average Bonchev–Trinajstić information content (AvgIpc) is 3.69. The smallest absolute Gasteiger partial charge is 0.261 e. The standard InChI is InChI=1S/C27H24FN5O2/c1-16(23-14-18-6-4-8-22(28)24(18)27(34)33(23)19-10-11-19)32-26-21(25(29)30-15-31-26)12-9-17-5-3-7-20(13-17)35-2/h3-8,13-16,19H,10-11H2,1-2H3,(H3,29,30,31,32). The molecule has 2 heterocycles. The summed E-state index contributed by atoms with van der Waals surface area (Å²) in [5.41, 5.74) is 7.79. The SMILES string of the molecule is COc1cccc(C#Cc2c(N)ncnc2NC(C)c2cc3cccc(F)c3c(=O)n2C2CC2)c1. The van der Waals surface area contributed by atoms with Crippen molar-refractivity contribution in [3.05, 3.63) is 87.9 Å². The van der Waals surface area contributed by atoms with Gasteiger partial charge in [-0.25, -0.2) is 14.4 Å². The van der Waals surface area contributed by atoms with Crippen LogP contribution in [0.5, 0.6) is 5.75 Å². The molecule has 3 N–H and O–H groups in total. The predicted octanol–water partition coefficient (Wildman–Crippen LogP) is 4.43. The molecule has 1 unspecified atom stereocenters. The summed E-state index contributed by atoms with van der Waals surface area (Å²) in [5.74, 6) is 7.04. The van der Waals surface area contributed by atoms with Gasteiger partial charge in [0.2, 0.25) is 0 Å². The van der Waals surface area contributed by atoms with Gasteiger partial charge in [0.05, 0.1) is 18.5 Å². The molecule has 5 rings (SSSR count). The zero-order valence-electron chi connectivity index (χ0n) is 19.4. The summed E-state index contributed by atoms with van der Waals surface area (Å²) in [6.07, 6.45) is 3.14. The fraction of sp³-hybridized carbons (Fsp3) is 0.222. The number of hydrogen-bond acceptors (Lipinski definition) is 6. The minimum absolute atomic E-state index is 0.0635. The minimum Gasteiger partial charge on any atom is -0.497 e. The zero-order chi connectivity index (χ0) is 24.5. The summed E-state index contributed by atoms with van der Waals surface area (Å²) in [7, 11) is 1.60. The number of nitrogens with zero attached hydrogens (tertiary/aromatic N) is 3. The van der Waals surface area contributed by atoms with Crippen LogP contribution in [0, 0.1) is 17.7 Å². The maximum absolute atomic E-state index is 14.5. The van der Waals surface area contributed by atoms with Crippen molar-refractivity contribution >= 4 is 22.4 Å². The molecule has 2 aromatic carbocycles. The van der Waals surface area contributed by atoms with Gasteiger partial charge in [-0.2, -0.15) is 0 Å². The van der Waals surface area contributed by atoms with Crippen LogP contribution >= 0.6 is 0 Å². The molecule has 1 saturated carbocycles. The van der Waals surface area contributed by atoms with Crippen LogP contribution in [0.15, 0.2) is 59.7 Å². The highest BCUT2D eigenvalue weighted by atomic mass is 19.1. The van der Waals surface area contributed by atoms with Gasteiger partial charge < -0.3 is 20.4 Å². The quantitative estimate of drug-likeness (QED) is 0.420. The van der Waals surface area contributed by atoms with Gasteiger partial charge in [-0.1, -0.05) is 30.0 Å². The molecule has 0 saturated heterocycles. The molecule has 1 aliphatic rings. The molecule has 8 heteroatoms. The minimum atomic E-state index is -0.507. The molecular formula is C27H24FN5O2. The first-order valence-electron chi connectivity index (χ1n) is 11.3. The Labute approximate surface area is 201 Å². The van der Waals surface area contributed by atoms with Crippen LogP contribution in [-0.4, -0.2) is 21.6 Å². The molecule has 176 valence electrons. The zero-order valence-corrected chi connectivity index (χ0v) is 19.4. The highest BCUT2D eigenvalue weighted by Gasteiger charge is 2.30. The van der Waals surface area contributed by atoms with Crippen molar-refractivity contribution in [1.29, 1.82) is 0 Å². The van der Waals surface area contributed by atoms with Crippen molar-refractivity contribution in [3.63, 3.8) is 0 Å². The molecule has 4 aromatic rings. The van der Waals surface area contributed by atoms with Crippen LogP contribution in [0.1, 0.15) is 48.7 Å². The molecule has 0 aliphatic heterocycles. The van der Waals surface area contributed by atoms with Crippen molar-refractivity contribution in [2.75, 3.05) is 18.2 Å². The Morgan fingerprint density at radius 1 is 1.17 bits per heavy atom. The molecular weight excluding hydrogens is 445 g/mol. The molecule has 0 radical (unpaired) electrons.